The van der Waals surface area contributed by atoms with E-state index in [1.165, 1.54) is 22.9 Å². The van der Waals surface area contributed by atoms with E-state index in [0.717, 1.165) is 38.4 Å². The fraction of sp³-hybridized carbons (Fsp3) is 0.304. The van der Waals surface area contributed by atoms with Gasteiger partial charge in [0.05, 0.1) is 11.4 Å². The molecular weight excluding hydrogens is 408 g/mol. The molecule has 0 aliphatic carbocycles. The first-order valence-corrected chi connectivity index (χ1v) is 11.4. The Labute approximate surface area is 186 Å². The third-order valence-electron chi connectivity index (χ3n) is 5.24. The number of nitrogens with zero attached hydrogens (tertiary/aromatic N) is 6. The quantitative estimate of drug-likeness (QED) is 0.533. The van der Waals surface area contributed by atoms with Crippen LogP contribution in [0.5, 0.6) is 0 Å². The van der Waals surface area contributed by atoms with Gasteiger partial charge in [-0.3, -0.25) is 9.69 Å². The lowest BCUT2D eigenvalue weighted by atomic mass is 10.2. The number of rotatable bonds is 7. The molecule has 8 heteroatoms. The van der Waals surface area contributed by atoms with Crippen LogP contribution in [0.3, 0.4) is 0 Å². The van der Waals surface area contributed by atoms with Crippen LogP contribution in [0.25, 0.3) is 11.8 Å². The third-order valence-corrected chi connectivity index (χ3v) is 6.15. The molecule has 1 amide bonds. The average molecular weight is 435 g/mol. The zero-order chi connectivity index (χ0) is 21.5. The number of carbonyl (C=O) groups excluding carboxylic acids is 1. The van der Waals surface area contributed by atoms with Crippen molar-refractivity contribution in [2.24, 2.45) is 0 Å². The van der Waals surface area contributed by atoms with Crippen LogP contribution in [0.2, 0.25) is 0 Å². The number of aryl methyl sites for hydroxylation is 1. The fourth-order valence-electron chi connectivity index (χ4n) is 3.42. The first kappa shape index (κ1) is 21.3. The minimum absolute atomic E-state index is 0.128. The van der Waals surface area contributed by atoms with Gasteiger partial charge in [0.1, 0.15) is 0 Å². The second-order valence-electron chi connectivity index (χ2n) is 7.49. The molecular formula is C23H26N6OS. The van der Waals surface area contributed by atoms with Gasteiger partial charge < -0.3 is 4.90 Å². The molecule has 0 spiro atoms. The predicted molar refractivity (Wildman–Crippen MR) is 123 cm³/mol. The molecule has 1 saturated heterocycles. The second-order valence-corrected chi connectivity index (χ2v) is 8.43. The van der Waals surface area contributed by atoms with Gasteiger partial charge in [0, 0.05) is 32.7 Å². The highest BCUT2D eigenvalue weighted by Gasteiger charge is 2.21. The standard InChI is InChI=1S/C23H26N6OS/c1-19-9-11-21(12-10-19)29-23(24-25-26-29)31-18-22(30)28-16-14-27(15-17-28)13-5-8-20-6-3-2-4-7-20/h2-12H,13-18H2,1H3/b8-5+. The van der Waals surface area contributed by atoms with Crippen molar-refractivity contribution in [2.45, 2.75) is 12.1 Å². The Morgan fingerprint density at radius 3 is 2.52 bits per heavy atom. The predicted octanol–water partition coefficient (Wildman–Crippen LogP) is 2.92. The largest absolute Gasteiger partial charge is 0.339 e. The maximum Gasteiger partial charge on any atom is 0.233 e. The van der Waals surface area contributed by atoms with Crippen LogP contribution in [0, 0.1) is 6.92 Å². The summed E-state index contributed by atoms with van der Waals surface area (Å²) in [4.78, 5) is 17.0. The summed E-state index contributed by atoms with van der Waals surface area (Å²) >= 11 is 1.38. The highest BCUT2D eigenvalue weighted by atomic mass is 32.2. The van der Waals surface area contributed by atoms with Crippen LogP contribution in [0.15, 0.2) is 65.8 Å². The number of benzene rings is 2. The van der Waals surface area contributed by atoms with E-state index < -0.39 is 0 Å². The zero-order valence-corrected chi connectivity index (χ0v) is 18.4. The Kier molecular flexibility index (Phi) is 7.11. The lowest BCUT2D eigenvalue weighted by molar-refractivity contribution is -0.130. The van der Waals surface area contributed by atoms with E-state index in [9.17, 15) is 4.79 Å². The van der Waals surface area contributed by atoms with Crippen molar-refractivity contribution in [3.05, 3.63) is 71.8 Å². The maximum atomic E-state index is 12.7. The number of piperazine rings is 1. The molecule has 0 saturated carbocycles. The summed E-state index contributed by atoms with van der Waals surface area (Å²) in [6.07, 6.45) is 4.33. The van der Waals surface area contributed by atoms with Crippen LogP contribution in [0.1, 0.15) is 11.1 Å². The van der Waals surface area contributed by atoms with Crippen LogP contribution in [-0.2, 0) is 4.79 Å². The van der Waals surface area contributed by atoms with E-state index in [0.29, 0.717) is 10.9 Å². The number of hydrogen-bond donors (Lipinski definition) is 0. The SMILES string of the molecule is Cc1ccc(-n2nnnc2SCC(=O)N2CCN(C/C=C/c3ccccc3)CC2)cc1. The number of aromatic nitrogens is 4. The van der Waals surface area contributed by atoms with Crippen molar-refractivity contribution >= 4 is 23.7 Å². The smallest absolute Gasteiger partial charge is 0.233 e. The summed E-state index contributed by atoms with van der Waals surface area (Å²) in [5.41, 5.74) is 3.28. The molecule has 7 nitrogen and oxygen atoms in total. The molecule has 0 radical (unpaired) electrons. The van der Waals surface area contributed by atoms with Gasteiger partial charge in [-0.15, -0.1) is 5.10 Å². The molecule has 2 heterocycles. The molecule has 0 N–H and O–H groups in total. The van der Waals surface area contributed by atoms with Crippen LogP contribution in [-0.4, -0.2) is 74.4 Å². The molecule has 31 heavy (non-hydrogen) atoms. The second kappa shape index (κ2) is 10.4. The van der Waals surface area contributed by atoms with Gasteiger partial charge in [-0.1, -0.05) is 71.9 Å². The van der Waals surface area contributed by atoms with E-state index >= 15 is 0 Å². The lowest BCUT2D eigenvalue weighted by Gasteiger charge is -2.34. The van der Waals surface area contributed by atoms with Crippen molar-refractivity contribution in [1.29, 1.82) is 0 Å². The van der Waals surface area contributed by atoms with Crippen molar-refractivity contribution in [1.82, 2.24) is 30.0 Å². The number of thioether (sulfide) groups is 1. The summed E-state index contributed by atoms with van der Waals surface area (Å²) in [7, 11) is 0. The minimum atomic E-state index is 0.128. The van der Waals surface area contributed by atoms with E-state index in [1.54, 1.807) is 4.68 Å². The van der Waals surface area contributed by atoms with Crippen molar-refractivity contribution in [3.63, 3.8) is 0 Å². The van der Waals surface area contributed by atoms with Gasteiger partial charge in [-0.2, -0.15) is 4.68 Å². The normalized spacial score (nSPS) is 14.9. The van der Waals surface area contributed by atoms with E-state index in [1.807, 2.05) is 54.3 Å². The molecule has 1 aliphatic rings. The van der Waals surface area contributed by atoms with Crippen LogP contribution < -0.4 is 0 Å². The Bertz CT molecular complexity index is 1010. The first-order chi connectivity index (χ1) is 15.2. The van der Waals surface area contributed by atoms with E-state index in [2.05, 4.69) is 44.7 Å². The number of amides is 1. The summed E-state index contributed by atoms with van der Waals surface area (Å²) in [5, 5.41) is 12.5. The molecule has 0 unspecified atom stereocenters. The molecule has 1 fully saturated rings. The van der Waals surface area contributed by atoms with Crippen LogP contribution in [0.4, 0.5) is 0 Å². The Morgan fingerprint density at radius 2 is 1.77 bits per heavy atom. The lowest BCUT2D eigenvalue weighted by Crippen LogP contribution is -2.49. The monoisotopic (exact) mass is 434 g/mol. The Hall–Kier alpha value is -2.97. The topological polar surface area (TPSA) is 67.2 Å². The summed E-state index contributed by atoms with van der Waals surface area (Å²) in [6, 6.07) is 18.3. The molecule has 3 aromatic rings. The highest BCUT2D eigenvalue weighted by Crippen LogP contribution is 2.19. The van der Waals surface area contributed by atoms with E-state index in [-0.39, 0.29) is 5.91 Å². The summed E-state index contributed by atoms with van der Waals surface area (Å²) in [6.45, 7) is 6.21. The van der Waals surface area contributed by atoms with E-state index in [4.69, 9.17) is 0 Å². The fourth-order valence-corrected chi connectivity index (χ4v) is 4.21. The van der Waals surface area contributed by atoms with Gasteiger partial charge in [-0.05, 0) is 35.0 Å². The van der Waals surface area contributed by atoms with Gasteiger partial charge in [-0.25, -0.2) is 0 Å². The Balaban J connectivity index is 1.23. The minimum Gasteiger partial charge on any atom is -0.339 e. The first-order valence-electron chi connectivity index (χ1n) is 10.4. The molecule has 0 bridgehead atoms. The molecule has 2 aromatic carbocycles. The number of tetrazole rings is 1. The molecule has 1 aromatic heterocycles. The van der Waals surface area contributed by atoms with Gasteiger partial charge >= 0.3 is 0 Å². The summed E-state index contributed by atoms with van der Waals surface area (Å²) < 4.78 is 1.67. The van der Waals surface area contributed by atoms with Gasteiger partial charge in [0.2, 0.25) is 11.1 Å². The Morgan fingerprint density at radius 1 is 1.03 bits per heavy atom. The van der Waals surface area contributed by atoms with Crippen molar-refractivity contribution in [3.8, 4) is 5.69 Å². The molecule has 4 rings (SSSR count). The van der Waals surface area contributed by atoms with Gasteiger partial charge in [0.15, 0.2) is 0 Å². The third kappa shape index (κ3) is 5.80. The zero-order valence-electron chi connectivity index (χ0n) is 17.6. The van der Waals surface area contributed by atoms with Gasteiger partial charge in [0.25, 0.3) is 0 Å². The highest BCUT2D eigenvalue weighted by molar-refractivity contribution is 7.99. The average Bonchev–Trinajstić information content (AvgIpc) is 3.28. The molecule has 0 atom stereocenters. The van der Waals surface area contributed by atoms with Crippen molar-refractivity contribution in [2.75, 3.05) is 38.5 Å². The molecule has 160 valence electrons. The number of hydrogen-bond acceptors (Lipinski definition) is 6. The maximum absolute atomic E-state index is 12.7. The summed E-state index contributed by atoms with van der Waals surface area (Å²) in [5.74, 6) is 0.461. The van der Waals surface area contributed by atoms with Crippen molar-refractivity contribution < 1.29 is 4.79 Å². The van der Waals surface area contributed by atoms with Crippen LogP contribution >= 0.6 is 11.8 Å². The number of carbonyl (C=O) groups is 1. The molecule has 1 aliphatic heterocycles.